The highest BCUT2D eigenvalue weighted by Crippen LogP contribution is 2.28. The Kier molecular flexibility index (Phi) is 3.93. The van der Waals surface area contributed by atoms with Gasteiger partial charge in [0.2, 0.25) is 0 Å². The van der Waals surface area contributed by atoms with Gasteiger partial charge in [-0.1, -0.05) is 27.3 Å². The van der Waals surface area contributed by atoms with Gasteiger partial charge in [-0.25, -0.2) is 4.98 Å². The second-order valence-electron chi connectivity index (χ2n) is 3.46. The summed E-state index contributed by atoms with van der Waals surface area (Å²) in [5.74, 6) is -0.887. The summed E-state index contributed by atoms with van der Waals surface area (Å²) in [4.78, 5) is 26.2. The zero-order chi connectivity index (χ0) is 13.1. The number of anilines is 1. The number of rotatable bonds is 3. The van der Waals surface area contributed by atoms with Crippen LogP contribution >= 0.6 is 27.3 Å². The molecule has 2 aromatic rings. The highest BCUT2D eigenvalue weighted by molar-refractivity contribution is 9.10. The molecule has 5 nitrogen and oxygen atoms in total. The van der Waals surface area contributed by atoms with Crippen LogP contribution < -0.4 is 5.32 Å². The van der Waals surface area contributed by atoms with E-state index >= 15 is 0 Å². The third-order valence-corrected chi connectivity index (χ3v) is 3.43. The van der Waals surface area contributed by atoms with E-state index in [2.05, 4.69) is 31.0 Å². The van der Waals surface area contributed by atoms with E-state index in [-0.39, 0.29) is 6.61 Å². The molecule has 1 N–H and O–H groups in total. The standard InChI is InChI=1S/C11H9BrN2O3S/c1-6(15)17-5-10(16)14-11-13-8-3-2-7(12)4-9(8)18-11/h2-4H,5H2,1H3,(H,13,14,16). The summed E-state index contributed by atoms with van der Waals surface area (Å²) >= 11 is 4.73. The molecule has 0 bridgehead atoms. The molecule has 0 fully saturated rings. The van der Waals surface area contributed by atoms with Crippen molar-refractivity contribution in [3.8, 4) is 0 Å². The maximum atomic E-state index is 11.4. The number of aromatic nitrogens is 1. The van der Waals surface area contributed by atoms with Gasteiger partial charge in [-0.15, -0.1) is 0 Å². The molecule has 1 heterocycles. The Labute approximate surface area is 115 Å². The van der Waals surface area contributed by atoms with Crippen molar-refractivity contribution in [3.05, 3.63) is 22.7 Å². The van der Waals surface area contributed by atoms with Gasteiger partial charge in [-0.3, -0.25) is 14.9 Å². The summed E-state index contributed by atoms with van der Waals surface area (Å²) in [6, 6.07) is 5.67. The van der Waals surface area contributed by atoms with Crippen LogP contribution in [0, 0.1) is 0 Å². The maximum Gasteiger partial charge on any atom is 0.303 e. The van der Waals surface area contributed by atoms with Crippen LogP contribution in [0.15, 0.2) is 22.7 Å². The molecule has 1 aromatic carbocycles. The Morgan fingerprint density at radius 1 is 1.50 bits per heavy atom. The monoisotopic (exact) mass is 328 g/mol. The minimum absolute atomic E-state index is 0.297. The van der Waals surface area contributed by atoms with Gasteiger partial charge in [-0.2, -0.15) is 0 Å². The van der Waals surface area contributed by atoms with Gasteiger partial charge in [0.25, 0.3) is 5.91 Å². The van der Waals surface area contributed by atoms with Gasteiger partial charge in [0.05, 0.1) is 10.2 Å². The van der Waals surface area contributed by atoms with Crippen LogP contribution in [-0.2, 0) is 14.3 Å². The molecule has 0 aliphatic carbocycles. The molecule has 1 amide bonds. The van der Waals surface area contributed by atoms with Crippen molar-refractivity contribution in [3.63, 3.8) is 0 Å². The summed E-state index contributed by atoms with van der Waals surface area (Å²) in [6.45, 7) is 0.956. The molecular formula is C11H9BrN2O3S. The van der Waals surface area contributed by atoms with E-state index in [0.717, 1.165) is 14.7 Å². The number of halogens is 1. The van der Waals surface area contributed by atoms with E-state index in [1.807, 2.05) is 18.2 Å². The molecule has 0 unspecified atom stereocenters. The number of hydrogen-bond acceptors (Lipinski definition) is 5. The highest BCUT2D eigenvalue weighted by atomic mass is 79.9. The first-order valence-electron chi connectivity index (χ1n) is 5.04. The van der Waals surface area contributed by atoms with E-state index in [0.29, 0.717) is 5.13 Å². The Bertz CT molecular complexity index is 611. The molecule has 94 valence electrons. The quantitative estimate of drug-likeness (QED) is 0.879. The van der Waals surface area contributed by atoms with Crippen LogP contribution in [0.5, 0.6) is 0 Å². The molecule has 0 aliphatic rings. The Hall–Kier alpha value is -1.47. The third-order valence-electron chi connectivity index (χ3n) is 2.00. The Balaban J connectivity index is 2.07. The van der Waals surface area contributed by atoms with Gasteiger partial charge in [0.1, 0.15) is 0 Å². The minimum atomic E-state index is -0.488. The van der Waals surface area contributed by atoms with E-state index in [1.165, 1.54) is 18.3 Å². The first-order chi connectivity index (χ1) is 8.54. The molecule has 0 aliphatic heterocycles. The van der Waals surface area contributed by atoms with Crippen molar-refractivity contribution in [1.82, 2.24) is 4.98 Å². The van der Waals surface area contributed by atoms with Crippen LogP contribution in [0.25, 0.3) is 10.2 Å². The van der Waals surface area contributed by atoms with Crippen LogP contribution in [0.2, 0.25) is 0 Å². The van der Waals surface area contributed by atoms with Gasteiger partial charge < -0.3 is 4.74 Å². The van der Waals surface area contributed by atoms with Crippen molar-refractivity contribution in [1.29, 1.82) is 0 Å². The number of nitrogens with one attached hydrogen (secondary N) is 1. The average Bonchev–Trinajstić information content (AvgIpc) is 2.67. The Morgan fingerprint density at radius 2 is 2.28 bits per heavy atom. The van der Waals surface area contributed by atoms with Gasteiger partial charge in [0.15, 0.2) is 11.7 Å². The van der Waals surface area contributed by atoms with E-state index in [1.54, 1.807) is 0 Å². The number of thiazole rings is 1. The lowest BCUT2D eigenvalue weighted by molar-refractivity contribution is -0.144. The Morgan fingerprint density at radius 3 is 3.00 bits per heavy atom. The van der Waals surface area contributed by atoms with Crippen molar-refractivity contribution < 1.29 is 14.3 Å². The van der Waals surface area contributed by atoms with Crippen molar-refractivity contribution in [2.24, 2.45) is 0 Å². The summed E-state index contributed by atoms with van der Waals surface area (Å²) in [5, 5.41) is 3.07. The third kappa shape index (κ3) is 3.27. The maximum absolute atomic E-state index is 11.4. The van der Waals surface area contributed by atoms with Crippen LogP contribution in [0.1, 0.15) is 6.92 Å². The predicted molar refractivity (Wildman–Crippen MR) is 72.6 cm³/mol. The van der Waals surface area contributed by atoms with Gasteiger partial charge in [-0.05, 0) is 18.2 Å². The number of benzene rings is 1. The largest absolute Gasteiger partial charge is 0.456 e. The molecule has 0 atom stereocenters. The molecule has 18 heavy (non-hydrogen) atoms. The summed E-state index contributed by atoms with van der Waals surface area (Å²) < 4.78 is 6.51. The normalized spacial score (nSPS) is 10.3. The molecule has 0 spiro atoms. The fourth-order valence-corrected chi connectivity index (χ4v) is 2.71. The number of esters is 1. The summed E-state index contributed by atoms with van der Waals surface area (Å²) in [7, 11) is 0. The second-order valence-corrected chi connectivity index (χ2v) is 5.41. The number of nitrogens with zero attached hydrogens (tertiary/aromatic N) is 1. The second kappa shape index (κ2) is 5.45. The van der Waals surface area contributed by atoms with Gasteiger partial charge >= 0.3 is 5.97 Å². The highest BCUT2D eigenvalue weighted by Gasteiger charge is 2.09. The number of fused-ring (bicyclic) bond motifs is 1. The molecule has 2 rings (SSSR count). The summed E-state index contributed by atoms with van der Waals surface area (Å²) in [5.41, 5.74) is 0.811. The predicted octanol–water partition coefficient (Wildman–Crippen LogP) is 2.56. The van der Waals surface area contributed by atoms with Crippen molar-refractivity contribution in [2.45, 2.75) is 6.92 Å². The lowest BCUT2D eigenvalue weighted by Gasteiger charge is -2.00. The number of amides is 1. The number of ether oxygens (including phenoxy) is 1. The summed E-state index contributed by atoms with van der Waals surface area (Å²) in [6.07, 6.45) is 0. The topological polar surface area (TPSA) is 68.3 Å². The van der Waals surface area contributed by atoms with Crippen molar-refractivity contribution >= 4 is 54.5 Å². The van der Waals surface area contributed by atoms with Crippen LogP contribution in [0.3, 0.4) is 0 Å². The van der Waals surface area contributed by atoms with Crippen LogP contribution in [0.4, 0.5) is 5.13 Å². The molecule has 0 saturated carbocycles. The fraction of sp³-hybridized carbons (Fsp3) is 0.182. The zero-order valence-electron chi connectivity index (χ0n) is 9.40. The first kappa shape index (κ1) is 13.0. The zero-order valence-corrected chi connectivity index (χ0v) is 11.8. The molecule has 0 saturated heterocycles. The van der Waals surface area contributed by atoms with E-state index < -0.39 is 11.9 Å². The molecule has 7 heteroatoms. The molecular weight excluding hydrogens is 320 g/mol. The molecule has 0 radical (unpaired) electrons. The van der Waals surface area contributed by atoms with E-state index in [9.17, 15) is 9.59 Å². The first-order valence-corrected chi connectivity index (χ1v) is 6.65. The number of hydrogen-bond donors (Lipinski definition) is 1. The lowest BCUT2D eigenvalue weighted by atomic mass is 10.3. The van der Waals surface area contributed by atoms with E-state index in [4.69, 9.17) is 0 Å². The van der Waals surface area contributed by atoms with Crippen molar-refractivity contribution in [2.75, 3.05) is 11.9 Å². The lowest BCUT2D eigenvalue weighted by Crippen LogP contribution is -2.19. The number of carbonyl (C=O) groups excluding carboxylic acids is 2. The van der Waals surface area contributed by atoms with Crippen LogP contribution in [-0.4, -0.2) is 23.5 Å². The van der Waals surface area contributed by atoms with Gasteiger partial charge in [0, 0.05) is 11.4 Å². The molecule has 1 aromatic heterocycles. The minimum Gasteiger partial charge on any atom is -0.456 e. The average molecular weight is 329 g/mol. The fourth-order valence-electron chi connectivity index (χ4n) is 1.27. The smallest absolute Gasteiger partial charge is 0.303 e. The number of carbonyl (C=O) groups is 2. The SMILES string of the molecule is CC(=O)OCC(=O)Nc1nc2ccc(Br)cc2s1.